The van der Waals surface area contributed by atoms with Crippen molar-refractivity contribution in [2.75, 3.05) is 13.3 Å². The molecule has 8 heteroatoms. The van der Waals surface area contributed by atoms with Gasteiger partial charge >= 0.3 is 0 Å². The highest BCUT2D eigenvalue weighted by atomic mass is 32.2. The fraction of sp³-hybridized carbons (Fsp3) is 0.333. The van der Waals surface area contributed by atoms with E-state index in [0.717, 1.165) is 0 Å². The van der Waals surface area contributed by atoms with E-state index >= 15 is 0 Å². The average Bonchev–Trinajstić information content (AvgIpc) is 2.20. The molecule has 0 atom stereocenters. The Labute approximate surface area is 96.2 Å². The highest BCUT2D eigenvalue weighted by molar-refractivity contribution is 7.89. The number of halogens is 3. The molecule has 0 spiro atoms. The van der Waals surface area contributed by atoms with Gasteiger partial charge in [0.2, 0.25) is 10.0 Å². The molecule has 1 aromatic rings. The molecule has 0 amide bonds. The zero-order valence-corrected chi connectivity index (χ0v) is 9.44. The lowest BCUT2D eigenvalue weighted by atomic mass is 10.3. The van der Waals surface area contributed by atoms with Crippen LogP contribution in [0.1, 0.15) is 6.42 Å². The van der Waals surface area contributed by atoms with Crippen LogP contribution < -0.4 is 9.88 Å². The fourth-order valence-corrected chi connectivity index (χ4v) is 1.60. The van der Waals surface area contributed by atoms with E-state index in [1.807, 2.05) is 0 Å². The number of hydrogen-bond acceptors (Lipinski definition) is 3. The van der Waals surface area contributed by atoms with Crippen molar-refractivity contribution in [1.29, 1.82) is 0 Å². The van der Waals surface area contributed by atoms with E-state index in [4.69, 9.17) is 5.14 Å². The molecule has 96 valence electrons. The van der Waals surface area contributed by atoms with Crippen molar-refractivity contribution in [3.63, 3.8) is 0 Å². The van der Waals surface area contributed by atoms with E-state index in [1.54, 1.807) is 0 Å². The van der Waals surface area contributed by atoms with Crippen molar-refractivity contribution in [2.45, 2.75) is 11.3 Å². The monoisotopic (exact) mass is 269 g/mol. The molecule has 0 fully saturated rings. The predicted molar refractivity (Wildman–Crippen MR) is 53.8 cm³/mol. The largest absolute Gasteiger partial charge is 0.488 e. The van der Waals surface area contributed by atoms with Crippen LogP contribution in [0.15, 0.2) is 17.0 Å². The predicted octanol–water partition coefficient (Wildman–Crippen LogP) is 1.35. The second-order valence-corrected chi connectivity index (χ2v) is 4.71. The lowest BCUT2D eigenvalue weighted by molar-refractivity contribution is 0.264. The Bertz CT molecular complexity index is 481. The minimum atomic E-state index is -4.19. The summed E-state index contributed by atoms with van der Waals surface area (Å²) in [5, 5.41) is 4.71. The highest BCUT2D eigenvalue weighted by Crippen LogP contribution is 2.25. The Morgan fingerprint density at radius 1 is 1.24 bits per heavy atom. The van der Waals surface area contributed by atoms with Crippen LogP contribution in [0.3, 0.4) is 0 Å². The van der Waals surface area contributed by atoms with Crippen LogP contribution >= 0.6 is 0 Å². The van der Waals surface area contributed by atoms with Crippen LogP contribution in [0, 0.1) is 11.6 Å². The number of alkyl halides is 1. The molecule has 0 radical (unpaired) electrons. The Balaban J connectivity index is 3.03. The van der Waals surface area contributed by atoms with Crippen molar-refractivity contribution >= 4 is 10.0 Å². The molecular weight excluding hydrogens is 259 g/mol. The quantitative estimate of drug-likeness (QED) is 0.820. The van der Waals surface area contributed by atoms with Crippen molar-refractivity contribution < 1.29 is 26.3 Å². The zero-order valence-electron chi connectivity index (χ0n) is 8.62. The molecule has 0 saturated carbocycles. The number of hydrogen-bond donors (Lipinski definition) is 1. The number of ether oxygens (including phenoxy) is 1. The molecule has 0 aliphatic rings. The van der Waals surface area contributed by atoms with Gasteiger partial charge in [0.25, 0.3) is 0 Å². The van der Waals surface area contributed by atoms with Crippen molar-refractivity contribution in [1.82, 2.24) is 0 Å². The molecule has 0 heterocycles. The lowest BCUT2D eigenvalue weighted by Gasteiger charge is -2.08. The van der Waals surface area contributed by atoms with Gasteiger partial charge in [0.15, 0.2) is 17.4 Å². The van der Waals surface area contributed by atoms with Crippen LogP contribution in [0.4, 0.5) is 13.2 Å². The molecule has 17 heavy (non-hydrogen) atoms. The number of benzene rings is 1. The molecule has 0 aromatic heterocycles. The molecule has 2 N–H and O–H groups in total. The summed E-state index contributed by atoms with van der Waals surface area (Å²) in [7, 11) is -4.19. The second kappa shape index (κ2) is 5.37. The van der Waals surface area contributed by atoms with Crippen LogP contribution in [-0.2, 0) is 10.0 Å². The van der Waals surface area contributed by atoms with E-state index in [2.05, 4.69) is 4.74 Å². The van der Waals surface area contributed by atoms with Crippen LogP contribution in [-0.4, -0.2) is 21.7 Å². The summed E-state index contributed by atoms with van der Waals surface area (Å²) in [6, 6.07) is 1.09. The van der Waals surface area contributed by atoms with Gasteiger partial charge in [0.05, 0.1) is 18.2 Å². The Kier molecular flexibility index (Phi) is 4.35. The number of nitrogens with two attached hydrogens (primary N) is 1. The standard InChI is InChI=1S/C9H10F3NO3S/c10-2-1-3-16-9-7(11)4-6(5-8(9)12)17(13,14)15/h4-5H,1-3H2,(H2,13,14,15). The van der Waals surface area contributed by atoms with E-state index in [1.165, 1.54) is 0 Å². The van der Waals surface area contributed by atoms with Crippen molar-refractivity contribution in [3.05, 3.63) is 23.8 Å². The summed E-state index contributed by atoms with van der Waals surface area (Å²) < 4.78 is 64.7. The van der Waals surface area contributed by atoms with Gasteiger partial charge in [-0.3, -0.25) is 4.39 Å². The summed E-state index contributed by atoms with van der Waals surface area (Å²) >= 11 is 0. The minimum absolute atomic E-state index is 0.0180. The van der Waals surface area contributed by atoms with Gasteiger partial charge in [-0.2, -0.15) is 0 Å². The van der Waals surface area contributed by atoms with Crippen LogP contribution in [0.5, 0.6) is 5.75 Å². The van der Waals surface area contributed by atoms with Gasteiger partial charge in [-0.15, -0.1) is 0 Å². The molecule has 0 bridgehead atoms. The normalized spacial score (nSPS) is 11.5. The van der Waals surface area contributed by atoms with E-state index in [9.17, 15) is 21.6 Å². The molecular formula is C9H10F3NO3S. The summed E-state index contributed by atoms with van der Waals surface area (Å²) in [5.41, 5.74) is 0. The maximum absolute atomic E-state index is 13.3. The van der Waals surface area contributed by atoms with Crippen LogP contribution in [0.25, 0.3) is 0 Å². The van der Waals surface area contributed by atoms with Gasteiger partial charge < -0.3 is 4.74 Å². The number of primary sulfonamides is 1. The maximum atomic E-state index is 13.3. The number of sulfonamides is 1. The SMILES string of the molecule is NS(=O)(=O)c1cc(F)c(OCCCF)c(F)c1. The molecule has 0 aliphatic heterocycles. The first kappa shape index (κ1) is 13.8. The first-order chi connectivity index (χ1) is 7.86. The summed E-state index contributed by atoms with van der Waals surface area (Å²) in [6.45, 7) is -0.891. The van der Waals surface area contributed by atoms with E-state index in [0.29, 0.717) is 12.1 Å². The molecule has 0 saturated heterocycles. The Morgan fingerprint density at radius 2 is 1.76 bits per heavy atom. The average molecular weight is 269 g/mol. The highest BCUT2D eigenvalue weighted by Gasteiger charge is 2.17. The third-order valence-electron chi connectivity index (χ3n) is 1.82. The van der Waals surface area contributed by atoms with E-state index < -0.39 is 39.0 Å². The maximum Gasteiger partial charge on any atom is 0.238 e. The zero-order chi connectivity index (χ0) is 13.1. The van der Waals surface area contributed by atoms with Gasteiger partial charge in [0, 0.05) is 6.42 Å². The molecule has 0 aliphatic carbocycles. The first-order valence-corrected chi connectivity index (χ1v) is 6.11. The van der Waals surface area contributed by atoms with Gasteiger partial charge in [-0.1, -0.05) is 0 Å². The van der Waals surface area contributed by atoms with E-state index in [-0.39, 0.29) is 13.0 Å². The Morgan fingerprint density at radius 3 is 2.18 bits per heavy atom. The number of rotatable bonds is 5. The van der Waals surface area contributed by atoms with Crippen molar-refractivity contribution in [3.8, 4) is 5.75 Å². The first-order valence-electron chi connectivity index (χ1n) is 4.57. The van der Waals surface area contributed by atoms with Gasteiger partial charge in [-0.25, -0.2) is 22.3 Å². The summed E-state index contributed by atoms with van der Waals surface area (Å²) in [4.78, 5) is -0.689. The Hall–Kier alpha value is -1.28. The second-order valence-electron chi connectivity index (χ2n) is 3.15. The third-order valence-corrected chi connectivity index (χ3v) is 2.72. The van der Waals surface area contributed by atoms with Crippen LogP contribution in [0.2, 0.25) is 0 Å². The molecule has 4 nitrogen and oxygen atoms in total. The summed E-state index contributed by atoms with van der Waals surface area (Å²) in [6.07, 6.45) is -0.0180. The summed E-state index contributed by atoms with van der Waals surface area (Å²) in [5.74, 6) is -3.15. The smallest absolute Gasteiger partial charge is 0.238 e. The molecule has 1 aromatic carbocycles. The molecule has 1 rings (SSSR count). The van der Waals surface area contributed by atoms with Gasteiger partial charge in [-0.05, 0) is 12.1 Å². The third kappa shape index (κ3) is 3.60. The minimum Gasteiger partial charge on any atom is -0.488 e. The van der Waals surface area contributed by atoms with Crippen molar-refractivity contribution in [2.24, 2.45) is 5.14 Å². The molecule has 0 unspecified atom stereocenters. The fourth-order valence-electron chi connectivity index (χ4n) is 1.07. The lowest BCUT2D eigenvalue weighted by Crippen LogP contribution is -2.13. The topological polar surface area (TPSA) is 69.4 Å². The van der Waals surface area contributed by atoms with Gasteiger partial charge in [0.1, 0.15) is 0 Å².